The summed E-state index contributed by atoms with van der Waals surface area (Å²) < 4.78 is 13.5. The van der Waals surface area contributed by atoms with Crippen molar-refractivity contribution in [1.29, 1.82) is 0 Å². The number of hydrogen-bond acceptors (Lipinski definition) is 5. The standard InChI is InChI=1S/C28H33N3O4/c1-20-14-22(15-23(18-32)26(20)34-19-21-8-6-5-7-9-21)24-16-29-31(17-24)25-10-12-30(13-11-25)27(33)35-28(2,3)4/h5-9,14-18,25H,10-13,19H2,1-4H3. The number of benzene rings is 2. The monoisotopic (exact) mass is 475 g/mol. The molecule has 184 valence electrons. The summed E-state index contributed by atoms with van der Waals surface area (Å²) >= 11 is 0. The molecule has 0 radical (unpaired) electrons. The average Bonchev–Trinajstić information content (AvgIpc) is 3.33. The first kappa shape index (κ1) is 24.5. The molecule has 0 spiro atoms. The van der Waals surface area contributed by atoms with Gasteiger partial charge in [-0.3, -0.25) is 9.48 Å². The van der Waals surface area contributed by atoms with Gasteiger partial charge in [0, 0.05) is 24.8 Å². The van der Waals surface area contributed by atoms with Crippen molar-refractivity contribution in [2.45, 2.75) is 58.8 Å². The Morgan fingerprint density at radius 2 is 1.83 bits per heavy atom. The third-order valence-corrected chi connectivity index (χ3v) is 6.08. The van der Waals surface area contributed by atoms with Crippen molar-refractivity contribution in [1.82, 2.24) is 14.7 Å². The first-order valence-corrected chi connectivity index (χ1v) is 12.0. The molecular weight excluding hydrogens is 442 g/mol. The molecule has 1 amide bonds. The van der Waals surface area contributed by atoms with Crippen LogP contribution in [-0.2, 0) is 11.3 Å². The minimum Gasteiger partial charge on any atom is -0.488 e. The third kappa shape index (κ3) is 6.10. The lowest BCUT2D eigenvalue weighted by atomic mass is 10.0. The molecule has 0 atom stereocenters. The molecule has 4 rings (SSSR count). The zero-order valence-electron chi connectivity index (χ0n) is 20.9. The van der Waals surface area contributed by atoms with E-state index in [-0.39, 0.29) is 12.1 Å². The highest BCUT2D eigenvalue weighted by Crippen LogP contribution is 2.32. The summed E-state index contributed by atoms with van der Waals surface area (Å²) in [4.78, 5) is 26.0. The number of hydrogen-bond donors (Lipinski definition) is 0. The molecule has 0 saturated carbocycles. The number of aldehydes is 1. The fourth-order valence-corrected chi connectivity index (χ4v) is 4.31. The van der Waals surface area contributed by atoms with E-state index in [2.05, 4.69) is 5.10 Å². The molecule has 1 aromatic heterocycles. The van der Waals surface area contributed by atoms with E-state index in [9.17, 15) is 9.59 Å². The molecule has 0 aliphatic carbocycles. The number of aryl methyl sites for hydroxylation is 1. The van der Waals surface area contributed by atoms with Gasteiger partial charge in [0.05, 0.1) is 17.8 Å². The lowest BCUT2D eigenvalue weighted by molar-refractivity contribution is 0.0184. The molecule has 2 heterocycles. The number of aromatic nitrogens is 2. The van der Waals surface area contributed by atoms with Crippen molar-refractivity contribution in [3.05, 3.63) is 71.5 Å². The molecule has 0 N–H and O–H groups in total. The largest absolute Gasteiger partial charge is 0.488 e. The van der Waals surface area contributed by atoms with Gasteiger partial charge in [0.1, 0.15) is 18.0 Å². The first-order valence-electron chi connectivity index (χ1n) is 12.0. The Kier molecular flexibility index (Phi) is 7.24. The quantitative estimate of drug-likeness (QED) is 0.420. The Morgan fingerprint density at radius 3 is 2.49 bits per heavy atom. The number of nitrogens with zero attached hydrogens (tertiary/aromatic N) is 3. The van der Waals surface area contributed by atoms with Crippen molar-refractivity contribution in [2.75, 3.05) is 13.1 Å². The summed E-state index contributed by atoms with van der Waals surface area (Å²) in [7, 11) is 0. The average molecular weight is 476 g/mol. The van der Waals surface area contributed by atoms with Crippen LogP contribution in [0.15, 0.2) is 54.9 Å². The Bertz CT molecular complexity index is 1170. The SMILES string of the molecule is Cc1cc(-c2cnn(C3CCN(C(=O)OC(C)(C)C)CC3)c2)cc(C=O)c1OCc1ccccc1. The second kappa shape index (κ2) is 10.3. The Morgan fingerprint density at radius 1 is 1.11 bits per heavy atom. The van der Waals surface area contributed by atoms with Crippen LogP contribution in [0.3, 0.4) is 0 Å². The van der Waals surface area contributed by atoms with Crippen LogP contribution >= 0.6 is 0 Å². The van der Waals surface area contributed by atoms with Crippen molar-refractivity contribution in [3.63, 3.8) is 0 Å². The van der Waals surface area contributed by atoms with E-state index in [1.807, 2.05) is 87.2 Å². The minimum atomic E-state index is -0.495. The van der Waals surface area contributed by atoms with E-state index in [0.29, 0.717) is 31.0 Å². The predicted octanol–water partition coefficient (Wildman–Crippen LogP) is 5.82. The number of rotatable bonds is 6. The number of carbonyl (C=O) groups is 2. The van der Waals surface area contributed by atoms with Crippen LogP contribution < -0.4 is 4.74 Å². The fraction of sp³-hybridized carbons (Fsp3) is 0.393. The number of amides is 1. The van der Waals surface area contributed by atoms with Crippen molar-refractivity contribution in [3.8, 4) is 16.9 Å². The lowest BCUT2D eigenvalue weighted by Crippen LogP contribution is -2.42. The summed E-state index contributed by atoms with van der Waals surface area (Å²) in [5.41, 5.74) is 3.85. The van der Waals surface area contributed by atoms with Gasteiger partial charge in [-0.1, -0.05) is 30.3 Å². The molecule has 7 nitrogen and oxygen atoms in total. The van der Waals surface area contributed by atoms with E-state index in [1.165, 1.54) is 0 Å². The zero-order valence-corrected chi connectivity index (χ0v) is 20.9. The van der Waals surface area contributed by atoms with Gasteiger partial charge in [-0.2, -0.15) is 5.10 Å². The maximum atomic E-state index is 12.3. The maximum Gasteiger partial charge on any atom is 0.410 e. The molecule has 7 heteroatoms. The molecule has 1 aliphatic heterocycles. The van der Waals surface area contributed by atoms with Gasteiger partial charge >= 0.3 is 6.09 Å². The topological polar surface area (TPSA) is 73.7 Å². The normalized spacial score (nSPS) is 14.6. The van der Waals surface area contributed by atoms with E-state index in [0.717, 1.165) is 41.4 Å². The van der Waals surface area contributed by atoms with Crippen molar-refractivity contribution < 1.29 is 19.1 Å². The van der Waals surface area contributed by atoms with Gasteiger partial charge in [-0.25, -0.2) is 4.79 Å². The van der Waals surface area contributed by atoms with Crippen LogP contribution in [0.4, 0.5) is 4.79 Å². The molecule has 1 fully saturated rings. The summed E-state index contributed by atoms with van der Waals surface area (Å²) in [5.74, 6) is 0.606. The Labute approximate surface area is 206 Å². The maximum absolute atomic E-state index is 12.3. The highest BCUT2D eigenvalue weighted by atomic mass is 16.6. The summed E-state index contributed by atoms with van der Waals surface area (Å²) in [5, 5.41) is 4.59. The highest BCUT2D eigenvalue weighted by Gasteiger charge is 2.28. The van der Waals surface area contributed by atoms with Crippen LogP contribution in [-0.4, -0.2) is 45.8 Å². The smallest absolute Gasteiger partial charge is 0.410 e. The van der Waals surface area contributed by atoms with Gasteiger partial charge in [0.2, 0.25) is 0 Å². The molecule has 0 bridgehead atoms. The number of ether oxygens (including phenoxy) is 2. The number of carbonyl (C=O) groups excluding carboxylic acids is 2. The van der Waals surface area contributed by atoms with Crippen LogP contribution in [0.5, 0.6) is 5.75 Å². The van der Waals surface area contributed by atoms with Crippen LogP contribution in [0, 0.1) is 6.92 Å². The second-order valence-corrected chi connectivity index (χ2v) is 10.0. The molecule has 35 heavy (non-hydrogen) atoms. The fourth-order valence-electron chi connectivity index (χ4n) is 4.31. The van der Waals surface area contributed by atoms with E-state index < -0.39 is 5.60 Å². The molecular formula is C28H33N3O4. The Balaban J connectivity index is 1.43. The third-order valence-electron chi connectivity index (χ3n) is 6.08. The second-order valence-electron chi connectivity index (χ2n) is 10.0. The summed E-state index contributed by atoms with van der Waals surface area (Å²) in [6.45, 7) is 9.26. The van der Waals surface area contributed by atoms with Crippen LogP contribution in [0.2, 0.25) is 0 Å². The van der Waals surface area contributed by atoms with E-state index >= 15 is 0 Å². The molecule has 1 saturated heterocycles. The van der Waals surface area contributed by atoms with Gasteiger partial charge < -0.3 is 14.4 Å². The van der Waals surface area contributed by atoms with E-state index in [1.54, 1.807) is 4.90 Å². The van der Waals surface area contributed by atoms with Gasteiger partial charge in [-0.05, 0) is 69.4 Å². The lowest BCUT2D eigenvalue weighted by Gasteiger charge is -2.33. The summed E-state index contributed by atoms with van der Waals surface area (Å²) in [6, 6.07) is 14.0. The van der Waals surface area contributed by atoms with Crippen LogP contribution in [0.25, 0.3) is 11.1 Å². The number of piperidine rings is 1. The first-order chi connectivity index (χ1) is 16.7. The molecule has 1 aliphatic rings. The van der Waals surface area contributed by atoms with Gasteiger partial charge in [0.15, 0.2) is 6.29 Å². The summed E-state index contributed by atoms with van der Waals surface area (Å²) in [6.07, 6.45) is 6.04. The Hall–Kier alpha value is -3.61. The predicted molar refractivity (Wildman–Crippen MR) is 135 cm³/mol. The highest BCUT2D eigenvalue weighted by molar-refractivity contribution is 5.84. The van der Waals surface area contributed by atoms with Gasteiger partial charge in [0.25, 0.3) is 0 Å². The molecule has 0 unspecified atom stereocenters. The molecule has 3 aromatic rings. The molecule has 2 aromatic carbocycles. The number of likely N-dealkylation sites (tertiary alicyclic amines) is 1. The van der Waals surface area contributed by atoms with Crippen molar-refractivity contribution in [2.24, 2.45) is 0 Å². The van der Waals surface area contributed by atoms with E-state index in [4.69, 9.17) is 9.47 Å². The van der Waals surface area contributed by atoms with Crippen molar-refractivity contribution >= 4 is 12.4 Å². The van der Waals surface area contributed by atoms with Crippen LogP contribution in [0.1, 0.15) is 61.1 Å². The van der Waals surface area contributed by atoms with Gasteiger partial charge in [-0.15, -0.1) is 0 Å². The zero-order chi connectivity index (χ0) is 25.0. The minimum absolute atomic E-state index is 0.211.